The maximum Gasteiger partial charge on any atom is 0.251 e. The van der Waals surface area contributed by atoms with E-state index >= 15 is 0 Å². The molecule has 0 radical (unpaired) electrons. The average molecular weight is 450 g/mol. The summed E-state index contributed by atoms with van der Waals surface area (Å²) in [5.41, 5.74) is 0.884. The van der Waals surface area contributed by atoms with Gasteiger partial charge in [0, 0.05) is 35.2 Å². The van der Waals surface area contributed by atoms with E-state index in [1.165, 1.54) is 22.5 Å². The summed E-state index contributed by atoms with van der Waals surface area (Å²) in [7, 11) is -3.78. The number of hydrogen-bond donors (Lipinski definition) is 1. The van der Waals surface area contributed by atoms with E-state index in [1.807, 2.05) is 0 Å². The van der Waals surface area contributed by atoms with Crippen LogP contribution in [0, 0.1) is 0 Å². The van der Waals surface area contributed by atoms with Gasteiger partial charge >= 0.3 is 0 Å². The number of halogens is 3. The van der Waals surface area contributed by atoms with Gasteiger partial charge in [0.2, 0.25) is 10.0 Å². The molecule has 1 N–H and O–H groups in total. The Hall–Kier alpha value is -1.31. The highest BCUT2D eigenvalue weighted by Gasteiger charge is 2.25. The fraction of sp³-hybridized carbons (Fsp3) is 0.278. The molecule has 9 heteroatoms. The second-order valence-corrected chi connectivity index (χ2v) is 8.81. The molecule has 5 nitrogen and oxygen atoms in total. The van der Waals surface area contributed by atoms with Gasteiger partial charge in [-0.05, 0) is 35.9 Å². The van der Waals surface area contributed by atoms with E-state index < -0.39 is 15.9 Å². The van der Waals surface area contributed by atoms with Gasteiger partial charge in [-0.2, -0.15) is 4.31 Å². The van der Waals surface area contributed by atoms with Gasteiger partial charge < -0.3 is 5.32 Å². The summed E-state index contributed by atoms with van der Waals surface area (Å²) in [6, 6.07) is 9.13. The molecular formula is C18H19Cl3N2O3S. The Bertz CT molecular complexity index is 945. The molecular weight excluding hydrogens is 431 g/mol. The van der Waals surface area contributed by atoms with E-state index in [2.05, 4.69) is 5.32 Å². The molecule has 0 aromatic heterocycles. The maximum atomic E-state index is 12.7. The van der Waals surface area contributed by atoms with Crippen molar-refractivity contribution in [2.45, 2.75) is 25.3 Å². The van der Waals surface area contributed by atoms with E-state index in [1.54, 1.807) is 32.0 Å². The van der Waals surface area contributed by atoms with Crippen LogP contribution in [0.15, 0.2) is 41.3 Å². The van der Waals surface area contributed by atoms with Crippen LogP contribution in [0.4, 0.5) is 0 Å². The van der Waals surface area contributed by atoms with Crippen LogP contribution in [0.25, 0.3) is 0 Å². The van der Waals surface area contributed by atoms with E-state index in [0.717, 1.165) is 0 Å². The van der Waals surface area contributed by atoms with Crippen LogP contribution >= 0.6 is 34.8 Å². The van der Waals surface area contributed by atoms with Crippen molar-refractivity contribution in [2.75, 3.05) is 13.1 Å². The predicted molar refractivity (Wildman–Crippen MR) is 109 cm³/mol. The number of amides is 1. The number of carbonyl (C=O) groups is 1. The summed E-state index contributed by atoms with van der Waals surface area (Å²) < 4.78 is 26.7. The number of carbonyl (C=O) groups excluding carboxylic acids is 1. The van der Waals surface area contributed by atoms with E-state index in [0.29, 0.717) is 28.7 Å². The highest BCUT2D eigenvalue weighted by molar-refractivity contribution is 7.89. The Kier molecular flexibility index (Phi) is 7.54. The Labute approximate surface area is 174 Å². The van der Waals surface area contributed by atoms with Crippen LogP contribution < -0.4 is 5.32 Å². The van der Waals surface area contributed by atoms with E-state index in [9.17, 15) is 13.2 Å². The van der Waals surface area contributed by atoms with Gasteiger partial charge in [0.05, 0.1) is 5.02 Å². The quantitative estimate of drug-likeness (QED) is 0.671. The van der Waals surface area contributed by atoms with Crippen LogP contribution in [-0.2, 0) is 16.6 Å². The summed E-state index contributed by atoms with van der Waals surface area (Å²) in [5.74, 6) is -0.436. The minimum Gasteiger partial charge on any atom is -0.348 e. The van der Waals surface area contributed by atoms with Gasteiger partial charge in [-0.25, -0.2) is 8.42 Å². The summed E-state index contributed by atoms with van der Waals surface area (Å²) in [6.07, 6.45) is 0. The lowest BCUT2D eigenvalue weighted by Gasteiger charge is -2.19. The molecule has 0 aliphatic carbocycles. The van der Waals surface area contributed by atoms with Gasteiger partial charge in [-0.15, -0.1) is 0 Å². The van der Waals surface area contributed by atoms with Gasteiger partial charge in [0.25, 0.3) is 5.91 Å². The van der Waals surface area contributed by atoms with Crippen LogP contribution in [-0.4, -0.2) is 31.7 Å². The first-order valence-electron chi connectivity index (χ1n) is 8.22. The monoisotopic (exact) mass is 448 g/mol. The molecule has 146 valence electrons. The van der Waals surface area contributed by atoms with Gasteiger partial charge in [-0.3, -0.25) is 4.79 Å². The number of sulfonamides is 1. The second kappa shape index (κ2) is 9.26. The fourth-order valence-electron chi connectivity index (χ4n) is 2.49. The van der Waals surface area contributed by atoms with Gasteiger partial charge in [-0.1, -0.05) is 54.7 Å². The zero-order valence-electron chi connectivity index (χ0n) is 14.8. The van der Waals surface area contributed by atoms with Crippen LogP contribution in [0.5, 0.6) is 0 Å². The van der Waals surface area contributed by atoms with Crippen molar-refractivity contribution >= 4 is 50.7 Å². The second-order valence-electron chi connectivity index (χ2n) is 5.65. The van der Waals surface area contributed by atoms with E-state index in [-0.39, 0.29) is 22.0 Å². The molecule has 0 spiro atoms. The number of benzene rings is 2. The third-order valence-electron chi connectivity index (χ3n) is 3.97. The van der Waals surface area contributed by atoms with Gasteiger partial charge in [0.1, 0.15) is 4.90 Å². The molecule has 27 heavy (non-hydrogen) atoms. The molecule has 0 bridgehead atoms. The summed E-state index contributed by atoms with van der Waals surface area (Å²) in [5, 5.41) is 3.71. The fourth-order valence-corrected chi connectivity index (χ4v) is 4.92. The zero-order valence-corrected chi connectivity index (χ0v) is 17.9. The highest BCUT2D eigenvalue weighted by atomic mass is 35.5. The average Bonchev–Trinajstić information content (AvgIpc) is 2.61. The van der Waals surface area contributed by atoms with Crippen molar-refractivity contribution < 1.29 is 13.2 Å². The molecule has 0 atom stereocenters. The predicted octanol–water partition coefficient (Wildman–Crippen LogP) is 4.61. The number of rotatable bonds is 7. The molecule has 2 aromatic carbocycles. The van der Waals surface area contributed by atoms with Crippen LogP contribution in [0.2, 0.25) is 15.1 Å². The molecule has 0 saturated carbocycles. The summed E-state index contributed by atoms with van der Waals surface area (Å²) in [6.45, 7) is 4.26. The molecule has 0 aliphatic heterocycles. The number of nitrogens with one attached hydrogen (secondary N) is 1. The first-order chi connectivity index (χ1) is 12.7. The van der Waals surface area contributed by atoms with Crippen molar-refractivity contribution in [3.8, 4) is 0 Å². The number of nitrogens with zero attached hydrogens (tertiary/aromatic N) is 1. The highest BCUT2D eigenvalue weighted by Crippen LogP contribution is 2.26. The van der Waals surface area contributed by atoms with Crippen LogP contribution in [0.3, 0.4) is 0 Å². The molecule has 0 aliphatic rings. The molecule has 0 unspecified atom stereocenters. The Morgan fingerprint density at radius 1 is 1.00 bits per heavy atom. The van der Waals surface area contributed by atoms with Crippen molar-refractivity contribution in [3.63, 3.8) is 0 Å². The van der Waals surface area contributed by atoms with Crippen molar-refractivity contribution in [2.24, 2.45) is 0 Å². The van der Waals surface area contributed by atoms with Crippen molar-refractivity contribution in [3.05, 3.63) is 62.6 Å². The Balaban J connectivity index is 2.25. The lowest BCUT2D eigenvalue weighted by molar-refractivity contribution is 0.0950. The molecule has 2 aromatic rings. The Morgan fingerprint density at radius 2 is 1.67 bits per heavy atom. The summed E-state index contributed by atoms with van der Waals surface area (Å²) in [4.78, 5) is 12.4. The SMILES string of the molecule is CCN(CC)S(=O)(=O)c1cc(C(=O)NCc2ccc(Cl)cc2Cl)ccc1Cl. The third-order valence-corrected chi connectivity index (χ3v) is 7.09. The first kappa shape index (κ1) is 22.0. The summed E-state index contributed by atoms with van der Waals surface area (Å²) >= 11 is 18.0. The topological polar surface area (TPSA) is 66.5 Å². The standard InChI is InChI=1S/C18H19Cl3N2O3S/c1-3-23(4-2)27(25,26)17-9-12(6-8-15(17)20)18(24)22-11-13-5-7-14(19)10-16(13)21/h5-10H,3-4,11H2,1-2H3,(H,22,24). The molecule has 0 heterocycles. The molecule has 1 amide bonds. The first-order valence-corrected chi connectivity index (χ1v) is 10.8. The maximum absolute atomic E-state index is 12.7. The van der Waals surface area contributed by atoms with E-state index in [4.69, 9.17) is 34.8 Å². The van der Waals surface area contributed by atoms with Gasteiger partial charge in [0.15, 0.2) is 0 Å². The third kappa shape index (κ3) is 5.15. The minimum atomic E-state index is -3.78. The smallest absolute Gasteiger partial charge is 0.251 e. The minimum absolute atomic E-state index is 0.0687. The Morgan fingerprint density at radius 3 is 2.26 bits per heavy atom. The normalized spacial score (nSPS) is 11.6. The van der Waals surface area contributed by atoms with Crippen molar-refractivity contribution in [1.29, 1.82) is 0 Å². The molecule has 0 fully saturated rings. The molecule has 2 rings (SSSR count). The molecule has 0 saturated heterocycles. The zero-order chi connectivity index (χ0) is 20.2. The van der Waals surface area contributed by atoms with Crippen LogP contribution in [0.1, 0.15) is 29.8 Å². The lowest BCUT2D eigenvalue weighted by Crippen LogP contribution is -2.31. The number of hydrogen-bond acceptors (Lipinski definition) is 3. The largest absolute Gasteiger partial charge is 0.348 e. The van der Waals surface area contributed by atoms with Crippen molar-refractivity contribution in [1.82, 2.24) is 9.62 Å². The lowest BCUT2D eigenvalue weighted by atomic mass is 10.2.